The average Bonchev–Trinajstić information content (AvgIpc) is 1.80. The van der Waals surface area contributed by atoms with Crippen LogP contribution in [0.3, 0.4) is 0 Å². The van der Waals surface area contributed by atoms with E-state index in [0.717, 1.165) is 0 Å². The van der Waals surface area contributed by atoms with Crippen LogP contribution in [0.4, 0.5) is 0 Å². The maximum Gasteiger partial charge on any atom is 0.255 e. The van der Waals surface area contributed by atoms with Gasteiger partial charge >= 0.3 is 0 Å². The Morgan fingerprint density at radius 2 is 1.36 bits per heavy atom. The van der Waals surface area contributed by atoms with Crippen molar-refractivity contribution in [1.29, 1.82) is 0 Å². The Balaban J connectivity index is 4.52. The highest BCUT2D eigenvalue weighted by Crippen LogP contribution is 2.35. The largest absolute Gasteiger partial charge is 0.502 e. The Labute approximate surface area is 91.4 Å². The quantitative estimate of drug-likeness (QED) is 0.489. The molecule has 82 valence electrons. The summed E-state index contributed by atoms with van der Waals surface area (Å²) in [7, 11) is -2.94. The van der Waals surface area contributed by atoms with Gasteiger partial charge in [-0.15, -0.1) is 0 Å². The van der Waals surface area contributed by atoms with E-state index < -0.39 is 16.4 Å². The van der Waals surface area contributed by atoms with Crippen LogP contribution in [0.25, 0.3) is 0 Å². The van der Waals surface area contributed by atoms with E-state index in [9.17, 15) is 0 Å². The topological polar surface area (TPSA) is 9.23 Å². The van der Waals surface area contributed by atoms with E-state index in [-0.39, 0.29) is 0 Å². The van der Waals surface area contributed by atoms with E-state index in [1.807, 2.05) is 0 Å². The van der Waals surface area contributed by atoms with Crippen LogP contribution in [0.1, 0.15) is 20.8 Å². The summed E-state index contributed by atoms with van der Waals surface area (Å²) in [5.41, 5.74) is 3.36. The fourth-order valence-electron chi connectivity index (χ4n) is 0.494. The molecular weight excluding hydrogens is 204 g/mol. The maximum atomic E-state index is 5.57. The summed E-state index contributed by atoms with van der Waals surface area (Å²) in [4.78, 5) is 0. The van der Waals surface area contributed by atoms with Gasteiger partial charge in [0.25, 0.3) is 8.32 Å². The van der Waals surface area contributed by atoms with E-state index in [1.54, 1.807) is 0 Å². The molecule has 0 aromatic carbocycles. The van der Waals surface area contributed by atoms with Crippen molar-refractivity contribution in [3.8, 4) is 11.7 Å². The van der Waals surface area contributed by atoms with E-state index in [2.05, 4.69) is 65.2 Å². The zero-order chi connectivity index (χ0) is 11.6. The molecule has 0 N–H and O–H groups in total. The predicted octanol–water partition coefficient (Wildman–Crippen LogP) is 3.85. The molecule has 0 fully saturated rings. The van der Waals surface area contributed by atoms with E-state index in [4.69, 9.17) is 4.43 Å². The second kappa shape index (κ2) is 4.12. The van der Waals surface area contributed by atoms with Crippen LogP contribution in [0.2, 0.25) is 37.8 Å². The summed E-state index contributed by atoms with van der Waals surface area (Å²) < 4.78 is 5.57. The Morgan fingerprint density at radius 1 is 0.929 bits per heavy atom. The van der Waals surface area contributed by atoms with Crippen LogP contribution in [0.5, 0.6) is 0 Å². The molecule has 0 aromatic heterocycles. The average molecular weight is 228 g/mol. The lowest BCUT2D eigenvalue weighted by Crippen LogP contribution is -2.36. The Kier molecular flexibility index (Phi) is 4.06. The molecule has 0 heterocycles. The van der Waals surface area contributed by atoms with E-state index in [0.29, 0.717) is 5.04 Å². The smallest absolute Gasteiger partial charge is 0.255 e. The van der Waals surface area contributed by atoms with Crippen LogP contribution in [0.15, 0.2) is 0 Å². The van der Waals surface area contributed by atoms with Crippen molar-refractivity contribution in [3.63, 3.8) is 0 Å². The van der Waals surface area contributed by atoms with Gasteiger partial charge in [0.1, 0.15) is 8.07 Å². The number of rotatable bonds is 1. The van der Waals surface area contributed by atoms with Gasteiger partial charge in [-0.05, 0) is 24.7 Å². The zero-order valence-electron chi connectivity index (χ0n) is 10.9. The third-order valence-corrected chi connectivity index (χ3v) is 7.79. The number of hydrogen-bond donors (Lipinski definition) is 0. The van der Waals surface area contributed by atoms with Crippen molar-refractivity contribution in [2.45, 2.75) is 58.5 Å². The van der Waals surface area contributed by atoms with Crippen LogP contribution in [-0.4, -0.2) is 16.4 Å². The van der Waals surface area contributed by atoms with Crippen LogP contribution in [-0.2, 0) is 4.43 Å². The van der Waals surface area contributed by atoms with E-state index in [1.165, 1.54) is 0 Å². The van der Waals surface area contributed by atoms with Crippen LogP contribution in [0, 0.1) is 11.7 Å². The molecule has 0 amide bonds. The fourth-order valence-corrected chi connectivity index (χ4v) is 1.63. The maximum absolute atomic E-state index is 5.57. The highest BCUT2D eigenvalue weighted by molar-refractivity contribution is 6.87. The fraction of sp³-hybridized carbons (Fsp3) is 0.818. The summed E-state index contributed by atoms with van der Waals surface area (Å²) in [5, 5.41) is 0.322. The van der Waals surface area contributed by atoms with Crippen molar-refractivity contribution in [3.05, 3.63) is 0 Å². The lowest BCUT2D eigenvalue weighted by Gasteiger charge is -2.31. The minimum atomic E-state index is -1.47. The van der Waals surface area contributed by atoms with Gasteiger partial charge < -0.3 is 4.43 Å². The molecule has 1 nitrogen and oxygen atoms in total. The first-order valence-corrected chi connectivity index (χ1v) is 11.6. The van der Waals surface area contributed by atoms with Crippen molar-refractivity contribution in [1.82, 2.24) is 0 Å². The molecule has 0 bridgehead atoms. The second-order valence-electron chi connectivity index (χ2n) is 6.32. The first kappa shape index (κ1) is 13.8. The molecule has 0 aliphatic carbocycles. The van der Waals surface area contributed by atoms with Gasteiger partial charge in [-0.3, -0.25) is 0 Å². The normalized spacial score (nSPS) is 13.1. The van der Waals surface area contributed by atoms with E-state index >= 15 is 0 Å². The summed E-state index contributed by atoms with van der Waals surface area (Å²) in [5.74, 6) is 0. The summed E-state index contributed by atoms with van der Waals surface area (Å²) in [6.45, 7) is 17.9. The summed E-state index contributed by atoms with van der Waals surface area (Å²) >= 11 is 0. The molecule has 3 heteroatoms. The molecular formula is C11H24OSi2. The molecule has 0 saturated carbocycles. The highest BCUT2D eigenvalue weighted by atomic mass is 28.4. The lowest BCUT2D eigenvalue weighted by molar-refractivity contribution is 0.519. The van der Waals surface area contributed by atoms with Gasteiger partial charge in [-0.1, -0.05) is 39.4 Å². The Bertz CT molecular complexity index is 245. The highest BCUT2D eigenvalue weighted by Gasteiger charge is 2.34. The monoisotopic (exact) mass is 228 g/mol. The van der Waals surface area contributed by atoms with Crippen LogP contribution < -0.4 is 0 Å². The first-order chi connectivity index (χ1) is 5.96. The zero-order valence-corrected chi connectivity index (χ0v) is 12.9. The summed E-state index contributed by atoms with van der Waals surface area (Å²) in [6, 6.07) is 0. The number of hydrogen-bond acceptors (Lipinski definition) is 1. The van der Waals surface area contributed by atoms with Crippen molar-refractivity contribution in [2.24, 2.45) is 0 Å². The first-order valence-electron chi connectivity index (χ1n) is 5.16. The molecule has 0 saturated heterocycles. The molecule has 0 unspecified atom stereocenters. The molecule has 0 aromatic rings. The van der Waals surface area contributed by atoms with Crippen molar-refractivity contribution >= 4 is 16.4 Å². The minimum Gasteiger partial charge on any atom is -0.502 e. The molecule has 0 aliphatic rings. The van der Waals surface area contributed by atoms with Crippen LogP contribution >= 0.6 is 0 Å². The predicted molar refractivity (Wildman–Crippen MR) is 69.4 cm³/mol. The third-order valence-electron chi connectivity index (χ3n) is 2.60. The van der Waals surface area contributed by atoms with Gasteiger partial charge in [-0.2, -0.15) is 0 Å². The van der Waals surface area contributed by atoms with Gasteiger partial charge in [0.05, 0.1) is 6.11 Å². The molecule has 0 radical (unpaired) electrons. The second-order valence-corrected chi connectivity index (χ2v) is 15.7. The standard InChI is InChI=1S/C11H24OSi2/c1-11(2,3)14(7,8)10-9-12-13(4,5)6/h1-8H3. The summed E-state index contributed by atoms with van der Waals surface area (Å²) in [6.07, 6.45) is 2.95. The van der Waals surface area contributed by atoms with Crippen molar-refractivity contribution in [2.75, 3.05) is 0 Å². The molecule has 0 atom stereocenters. The molecule has 0 aliphatic heterocycles. The Hall–Kier alpha value is -0.206. The molecule has 0 spiro atoms. The third kappa shape index (κ3) is 4.87. The van der Waals surface area contributed by atoms with Gasteiger partial charge in [-0.25, -0.2) is 0 Å². The van der Waals surface area contributed by atoms with Gasteiger partial charge in [0, 0.05) is 0 Å². The van der Waals surface area contributed by atoms with Gasteiger partial charge in [0.2, 0.25) is 0 Å². The SMILES string of the molecule is CC(C)(C)[Si](C)(C)C#CO[Si](C)(C)C. The van der Waals surface area contributed by atoms with Gasteiger partial charge in [0.15, 0.2) is 0 Å². The molecule has 14 heavy (non-hydrogen) atoms. The molecule has 0 rings (SSSR count). The minimum absolute atomic E-state index is 0.322. The Morgan fingerprint density at radius 3 is 1.64 bits per heavy atom. The van der Waals surface area contributed by atoms with Crippen molar-refractivity contribution < 1.29 is 4.43 Å². The lowest BCUT2D eigenvalue weighted by atomic mass is 10.2.